The molecular weight excluding hydrogens is 226 g/mol. The van der Waals surface area contributed by atoms with Gasteiger partial charge in [-0.3, -0.25) is 8.96 Å². The molecule has 2 heterocycles. The topological polar surface area (TPSA) is 78.0 Å². The van der Waals surface area contributed by atoms with Crippen LogP contribution in [0.5, 0.6) is 0 Å². The van der Waals surface area contributed by atoms with E-state index in [1.807, 2.05) is 0 Å². The second-order valence-corrected chi connectivity index (χ2v) is 4.31. The molecule has 0 bridgehead atoms. The maximum absolute atomic E-state index is 10.9. The Morgan fingerprint density at radius 1 is 1.38 bits per heavy atom. The zero-order valence-corrected chi connectivity index (χ0v) is 9.52. The summed E-state index contributed by atoms with van der Waals surface area (Å²) in [4.78, 5) is 3.97. The zero-order chi connectivity index (χ0) is 11.7. The highest BCUT2D eigenvalue weighted by atomic mass is 32.2. The van der Waals surface area contributed by atoms with Crippen molar-refractivity contribution in [2.24, 2.45) is 0 Å². The molecule has 0 saturated heterocycles. The van der Waals surface area contributed by atoms with Gasteiger partial charge in [-0.25, -0.2) is 8.42 Å². The van der Waals surface area contributed by atoms with Crippen molar-refractivity contribution in [3.05, 3.63) is 36.4 Å². The Bertz CT molecular complexity index is 594. The van der Waals surface area contributed by atoms with Gasteiger partial charge in [0.2, 0.25) is 10.9 Å². The smallest absolute Gasteiger partial charge is 0.228 e. The van der Waals surface area contributed by atoms with E-state index in [0.717, 1.165) is 11.1 Å². The van der Waals surface area contributed by atoms with Gasteiger partial charge in [-0.05, 0) is 19.1 Å². The Balaban J connectivity index is 2.57. The van der Waals surface area contributed by atoms with Gasteiger partial charge in [-0.2, -0.15) is 0 Å². The molecule has 2 aromatic heterocycles. The minimum Gasteiger partial charge on any atom is -0.397 e. The lowest BCUT2D eigenvalue weighted by Gasteiger charge is -2.02. The molecule has 5 nitrogen and oxygen atoms in total. The quantitative estimate of drug-likeness (QED) is 0.758. The van der Waals surface area contributed by atoms with Crippen LogP contribution in [0.4, 0.5) is 5.69 Å². The Morgan fingerprint density at radius 3 is 2.69 bits per heavy atom. The van der Waals surface area contributed by atoms with E-state index in [4.69, 9.17) is 5.73 Å². The third-order valence-corrected chi connectivity index (χ3v) is 3.15. The molecule has 0 aliphatic heterocycles. The van der Waals surface area contributed by atoms with Gasteiger partial charge in [0.1, 0.15) is 0 Å². The van der Waals surface area contributed by atoms with Gasteiger partial charge in [0.15, 0.2) is 0 Å². The molecule has 0 saturated carbocycles. The number of nitrogens with zero attached hydrogens (tertiary/aromatic N) is 2. The third kappa shape index (κ3) is 1.79. The first kappa shape index (κ1) is 10.7. The first-order chi connectivity index (χ1) is 7.59. The van der Waals surface area contributed by atoms with Gasteiger partial charge in [-0.1, -0.05) is 0 Å². The fourth-order valence-electron chi connectivity index (χ4n) is 1.59. The Morgan fingerprint density at radius 2 is 2.12 bits per heavy atom. The van der Waals surface area contributed by atoms with Crippen LogP contribution < -0.4 is 5.73 Å². The lowest BCUT2D eigenvalue weighted by atomic mass is 10.1. The third-order valence-electron chi connectivity index (χ3n) is 2.36. The van der Waals surface area contributed by atoms with E-state index in [1.54, 1.807) is 31.5 Å². The van der Waals surface area contributed by atoms with Crippen molar-refractivity contribution in [1.29, 1.82) is 0 Å². The molecule has 0 aliphatic rings. The standard InChI is InChI=1S/C10H11N3O2S/c1-7-10(2-3-13(7)16(14)15)8-4-9(11)6-12-5-8/h2-6,16H,11H2,1H3. The van der Waals surface area contributed by atoms with E-state index in [-0.39, 0.29) is 0 Å². The van der Waals surface area contributed by atoms with Gasteiger partial charge in [0, 0.05) is 35.4 Å². The minimum atomic E-state index is -2.63. The molecule has 0 amide bonds. The van der Waals surface area contributed by atoms with E-state index in [1.165, 1.54) is 10.2 Å². The lowest BCUT2D eigenvalue weighted by molar-refractivity contribution is 0.606. The molecule has 0 atom stereocenters. The molecular formula is C10H11N3O2S. The van der Waals surface area contributed by atoms with Gasteiger partial charge in [0.25, 0.3) is 0 Å². The van der Waals surface area contributed by atoms with Crippen LogP contribution >= 0.6 is 0 Å². The molecule has 84 valence electrons. The number of thiol groups is 1. The molecule has 0 radical (unpaired) electrons. The van der Waals surface area contributed by atoms with Crippen LogP contribution in [0.25, 0.3) is 11.1 Å². The van der Waals surface area contributed by atoms with E-state index in [2.05, 4.69) is 4.98 Å². The normalized spacial score (nSPS) is 10.9. The molecule has 0 unspecified atom stereocenters. The van der Waals surface area contributed by atoms with Crippen LogP contribution in [0.15, 0.2) is 30.7 Å². The first-order valence-corrected chi connectivity index (χ1v) is 5.76. The van der Waals surface area contributed by atoms with Crippen LogP contribution in [0.3, 0.4) is 0 Å². The molecule has 0 fully saturated rings. The van der Waals surface area contributed by atoms with Crippen LogP contribution in [0.2, 0.25) is 0 Å². The maximum atomic E-state index is 10.9. The summed E-state index contributed by atoms with van der Waals surface area (Å²) in [7, 11) is -2.63. The van der Waals surface area contributed by atoms with Crippen molar-refractivity contribution < 1.29 is 8.42 Å². The van der Waals surface area contributed by atoms with E-state index >= 15 is 0 Å². The molecule has 2 N–H and O–H groups in total. The van der Waals surface area contributed by atoms with Crippen LogP contribution in [0, 0.1) is 6.92 Å². The number of nitrogens with two attached hydrogens (primary N) is 1. The molecule has 0 aliphatic carbocycles. The zero-order valence-electron chi connectivity index (χ0n) is 8.62. The van der Waals surface area contributed by atoms with Gasteiger partial charge >= 0.3 is 0 Å². The predicted molar refractivity (Wildman–Crippen MR) is 62.5 cm³/mol. The monoisotopic (exact) mass is 237 g/mol. The molecule has 16 heavy (non-hydrogen) atoms. The van der Waals surface area contributed by atoms with Crippen molar-refractivity contribution in [1.82, 2.24) is 8.96 Å². The Kier molecular flexibility index (Phi) is 2.66. The second kappa shape index (κ2) is 3.97. The summed E-state index contributed by atoms with van der Waals surface area (Å²) in [5.41, 5.74) is 8.46. The molecule has 0 aromatic carbocycles. The van der Waals surface area contributed by atoms with E-state index < -0.39 is 10.9 Å². The molecule has 2 aromatic rings. The summed E-state index contributed by atoms with van der Waals surface area (Å²) in [6, 6.07) is 3.49. The number of anilines is 1. The van der Waals surface area contributed by atoms with Gasteiger partial charge in [-0.15, -0.1) is 0 Å². The highest BCUT2D eigenvalue weighted by molar-refractivity contribution is 7.70. The predicted octanol–water partition coefficient (Wildman–Crippen LogP) is 0.815. The SMILES string of the molecule is Cc1c(-c2cncc(N)c2)ccn1[SH](=O)=O. The van der Waals surface area contributed by atoms with Crippen LogP contribution in [0.1, 0.15) is 5.69 Å². The summed E-state index contributed by atoms with van der Waals surface area (Å²) in [6.07, 6.45) is 4.71. The summed E-state index contributed by atoms with van der Waals surface area (Å²) in [6.45, 7) is 1.74. The average Bonchev–Trinajstić information content (AvgIpc) is 2.60. The summed E-state index contributed by atoms with van der Waals surface area (Å²) >= 11 is 0. The summed E-state index contributed by atoms with van der Waals surface area (Å²) in [5, 5.41) is 0. The second-order valence-electron chi connectivity index (χ2n) is 3.40. The summed E-state index contributed by atoms with van der Waals surface area (Å²) in [5.74, 6) is 0. The Labute approximate surface area is 94.6 Å². The highest BCUT2D eigenvalue weighted by Gasteiger charge is 2.08. The average molecular weight is 237 g/mol. The van der Waals surface area contributed by atoms with Crippen molar-refractivity contribution in [2.75, 3.05) is 5.73 Å². The van der Waals surface area contributed by atoms with Crippen LogP contribution in [-0.4, -0.2) is 17.4 Å². The fraction of sp³-hybridized carbons (Fsp3) is 0.100. The number of nitrogen functional groups attached to an aromatic ring is 1. The fourth-order valence-corrected chi connectivity index (χ4v) is 2.12. The molecule has 0 spiro atoms. The number of hydrogen-bond acceptors (Lipinski definition) is 4. The van der Waals surface area contributed by atoms with E-state index in [0.29, 0.717) is 11.4 Å². The highest BCUT2D eigenvalue weighted by Crippen LogP contribution is 2.24. The van der Waals surface area contributed by atoms with Gasteiger partial charge in [0.05, 0.1) is 5.69 Å². The Hall–Kier alpha value is -1.82. The largest absolute Gasteiger partial charge is 0.397 e. The van der Waals surface area contributed by atoms with Crippen molar-refractivity contribution in [2.45, 2.75) is 6.92 Å². The number of pyridine rings is 1. The number of hydrogen-bond donors (Lipinski definition) is 2. The van der Waals surface area contributed by atoms with Crippen molar-refractivity contribution in [3.63, 3.8) is 0 Å². The van der Waals surface area contributed by atoms with Gasteiger partial charge < -0.3 is 5.73 Å². The lowest BCUT2D eigenvalue weighted by Crippen LogP contribution is -1.96. The minimum absolute atomic E-state index is 0.552. The molecule has 2 rings (SSSR count). The van der Waals surface area contributed by atoms with E-state index in [9.17, 15) is 8.42 Å². The van der Waals surface area contributed by atoms with Crippen molar-refractivity contribution >= 4 is 16.6 Å². The number of aromatic nitrogens is 2. The van der Waals surface area contributed by atoms with Crippen LogP contribution in [-0.2, 0) is 10.9 Å². The van der Waals surface area contributed by atoms with Crippen molar-refractivity contribution in [3.8, 4) is 11.1 Å². The maximum Gasteiger partial charge on any atom is 0.228 e. The summed E-state index contributed by atoms with van der Waals surface area (Å²) < 4.78 is 23.0. The molecule has 6 heteroatoms. The first-order valence-electron chi connectivity index (χ1n) is 4.63. The number of rotatable bonds is 2.